The maximum Gasteiger partial charge on any atom is 0.335 e. The number of halogens is 2. The Morgan fingerprint density at radius 1 is 1.24 bits per heavy atom. The van der Waals surface area contributed by atoms with Gasteiger partial charge in [-0.1, -0.05) is 0 Å². The molecule has 0 aliphatic carbocycles. The Labute approximate surface area is 118 Å². The van der Waals surface area contributed by atoms with Crippen LogP contribution in [0.5, 0.6) is 5.75 Å². The smallest absolute Gasteiger partial charge is 0.335 e. The third-order valence-electron chi connectivity index (χ3n) is 2.75. The van der Waals surface area contributed by atoms with Gasteiger partial charge in [-0.3, -0.25) is 0 Å². The van der Waals surface area contributed by atoms with E-state index in [4.69, 9.17) is 15.1 Å². The summed E-state index contributed by atoms with van der Waals surface area (Å²) in [5, 5.41) is 17.6. The predicted octanol–water partition coefficient (Wildman–Crippen LogP) is 3.11. The van der Waals surface area contributed by atoms with Crippen LogP contribution in [-0.4, -0.2) is 11.1 Å². The number of hydrogen-bond acceptors (Lipinski definition) is 3. The van der Waals surface area contributed by atoms with Crippen LogP contribution in [0.1, 0.15) is 21.5 Å². The fourth-order valence-corrected chi connectivity index (χ4v) is 1.70. The summed E-state index contributed by atoms with van der Waals surface area (Å²) in [4.78, 5) is 10.7. The van der Waals surface area contributed by atoms with Gasteiger partial charge >= 0.3 is 5.97 Å². The molecule has 106 valence electrons. The van der Waals surface area contributed by atoms with E-state index in [9.17, 15) is 13.6 Å². The molecule has 6 heteroatoms. The van der Waals surface area contributed by atoms with Crippen molar-refractivity contribution in [2.24, 2.45) is 0 Å². The Morgan fingerprint density at radius 3 is 2.62 bits per heavy atom. The van der Waals surface area contributed by atoms with Gasteiger partial charge in [0.05, 0.1) is 17.2 Å². The van der Waals surface area contributed by atoms with Crippen molar-refractivity contribution in [3.8, 4) is 11.8 Å². The number of carboxylic acid groups (broad SMARTS) is 1. The number of carbonyl (C=O) groups is 1. The molecule has 0 aliphatic rings. The standard InChI is InChI=1S/C15H9F2NO3/c16-12-3-1-10(7-18)11(5-12)8-21-14-4-2-9(15(19)20)6-13(14)17/h1-6H,8H2,(H,19,20). The van der Waals surface area contributed by atoms with Gasteiger partial charge in [0, 0.05) is 5.56 Å². The average Bonchev–Trinajstić information content (AvgIpc) is 2.46. The van der Waals surface area contributed by atoms with Crippen LogP contribution in [0.4, 0.5) is 8.78 Å². The lowest BCUT2D eigenvalue weighted by atomic mass is 10.1. The van der Waals surface area contributed by atoms with Crippen LogP contribution in [0.25, 0.3) is 0 Å². The van der Waals surface area contributed by atoms with Gasteiger partial charge < -0.3 is 9.84 Å². The minimum atomic E-state index is -1.25. The second kappa shape index (κ2) is 6.01. The molecule has 0 aliphatic heterocycles. The lowest BCUT2D eigenvalue weighted by Gasteiger charge is -2.09. The first kappa shape index (κ1) is 14.5. The van der Waals surface area contributed by atoms with Crippen LogP contribution in [-0.2, 0) is 6.61 Å². The summed E-state index contributed by atoms with van der Waals surface area (Å²) in [6.45, 7) is -0.204. The molecule has 21 heavy (non-hydrogen) atoms. The van der Waals surface area contributed by atoms with Gasteiger partial charge in [0.15, 0.2) is 11.6 Å². The highest BCUT2D eigenvalue weighted by molar-refractivity contribution is 5.87. The van der Waals surface area contributed by atoms with Crippen molar-refractivity contribution in [2.45, 2.75) is 6.61 Å². The summed E-state index contributed by atoms with van der Waals surface area (Å²) in [7, 11) is 0. The van der Waals surface area contributed by atoms with Gasteiger partial charge in [0.25, 0.3) is 0 Å². The van der Waals surface area contributed by atoms with Crippen LogP contribution in [0, 0.1) is 23.0 Å². The highest BCUT2D eigenvalue weighted by Crippen LogP contribution is 2.21. The summed E-state index contributed by atoms with van der Waals surface area (Å²) in [5.41, 5.74) is 0.293. The normalized spacial score (nSPS) is 9.95. The highest BCUT2D eigenvalue weighted by atomic mass is 19.1. The molecule has 2 aromatic rings. The molecule has 2 aromatic carbocycles. The van der Waals surface area contributed by atoms with Gasteiger partial charge in [-0.2, -0.15) is 5.26 Å². The summed E-state index contributed by atoms with van der Waals surface area (Å²) in [6, 6.07) is 8.64. The number of aromatic carboxylic acids is 1. The maximum absolute atomic E-state index is 13.6. The molecule has 4 nitrogen and oxygen atoms in total. The Balaban J connectivity index is 2.19. The Hall–Kier alpha value is -2.94. The molecule has 0 fully saturated rings. The molecule has 0 bridgehead atoms. The number of nitrogens with zero attached hydrogens (tertiary/aromatic N) is 1. The summed E-state index contributed by atoms with van der Waals surface area (Å²) in [5.74, 6) is -2.80. The zero-order valence-electron chi connectivity index (χ0n) is 10.6. The Morgan fingerprint density at radius 2 is 2.00 bits per heavy atom. The molecule has 0 saturated carbocycles. The van der Waals surface area contributed by atoms with E-state index in [1.807, 2.05) is 6.07 Å². The van der Waals surface area contributed by atoms with E-state index < -0.39 is 17.6 Å². The number of benzene rings is 2. The first-order chi connectivity index (χ1) is 10.0. The molecule has 0 radical (unpaired) electrons. The fraction of sp³-hybridized carbons (Fsp3) is 0.0667. The molecule has 0 unspecified atom stereocenters. The van der Waals surface area contributed by atoms with E-state index in [2.05, 4.69) is 0 Å². The molecule has 0 saturated heterocycles. The van der Waals surface area contributed by atoms with E-state index in [0.717, 1.165) is 18.2 Å². The van der Waals surface area contributed by atoms with Crippen molar-refractivity contribution in [2.75, 3.05) is 0 Å². The topological polar surface area (TPSA) is 70.3 Å². The molecular weight excluding hydrogens is 280 g/mol. The average molecular weight is 289 g/mol. The van der Waals surface area contributed by atoms with E-state index >= 15 is 0 Å². The lowest BCUT2D eigenvalue weighted by Crippen LogP contribution is -2.02. The van der Waals surface area contributed by atoms with E-state index in [1.165, 1.54) is 18.2 Å². The zero-order chi connectivity index (χ0) is 15.4. The van der Waals surface area contributed by atoms with Crippen molar-refractivity contribution in [3.63, 3.8) is 0 Å². The molecule has 0 spiro atoms. The monoisotopic (exact) mass is 289 g/mol. The maximum atomic E-state index is 13.6. The molecule has 0 amide bonds. The van der Waals surface area contributed by atoms with Crippen molar-refractivity contribution >= 4 is 5.97 Å². The van der Waals surface area contributed by atoms with Gasteiger partial charge in [-0.25, -0.2) is 13.6 Å². The number of hydrogen-bond donors (Lipinski definition) is 1. The molecule has 2 rings (SSSR count). The molecule has 0 aromatic heterocycles. The van der Waals surface area contributed by atoms with Crippen LogP contribution in [0.15, 0.2) is 36.4 Å². The quantitative estimate of drug-likeness (QED) is 0.938. The van der Waals surface area contributed by atoms with Crippen LogP contribution in [0.3, 0.4) is 0 Å². The second-order valence-electron chi connectivity index (χ2n) is 4.15. The first-order valence-corrected chi connectivity index (χ1v) is 5.85. The largest absolute Gasteiger partial charge is 0.486 e. The second-order valence-corrected chi connectivity index (χ2v) is 4.15. The number of nitriles is 1. The zero-order valence-corrected chi connectivity index (χ0v) is 10.6. The minimum absolute atomic E-state index is 0.173. The van der Waals surface area contributed by atoms with Crippen molar-refractivity contribution in [1.29, 1.82) is 5.26 Å². The molecule has 1 N–H and O–H groups in total. The third-order valence-corrected chi connectivity index (χ3v) is 2.75. The third kappa shape index (κ3) is 3.34. The van der Waals surface area contributed by atoms with E-state index in [1.54, 1.807) is 0 Å². The van der Waals surface area contributed by atoms with Gasteiger partial charge in [0.2, 0.25) is 0 Å². The minimum Gasteiger partial charge on any atom is -0.486 e. The van der Waals surface area contributed by atoms with Gasteiger partial charge in [-0.05, 0) is 36.4 Å². The van der Waals surface area contributed by atoms with Crippen molar-refractivity contribution in [3.05, 3.63) is 64.7 Å². The van der Waals surface area contributed by atoms with Crippen LogP contribution < -0.4 is 4.74 Å². The first-order valence-electron chi connectivity index (χ1n) is 5.85. The Kier molecular flexibility index (Phi) is 4.14. The SMILES string of the molecule is N#Cc1ccc(F)cc1COc1ccc(C(=O)O)cc1F. The summed E-state index contributed by atoms with van der Waals surface area (Å²) in [6.07, 6.45) is 0. The van der Waals surface area contributed by atoms with E-state index in [0.29, 0.717) is 0 Å². The lowest BCUT2D eigenvalue weighted by molar-refractivity contribution is 0.0696. The highest BCUT2D eigenvalue weighted by Gasteiger charge is 2.11. The fourth-order valence-electron chi connectivity index (χ4n) is 1.70. The summed E-state index contributed by atoms with van der Waals surface area (Å²) < 4.78 is 31.9. The predicted molar refractivity (Wildman–Crippen MR) is 68.8 cm³/mol. The summed E-state index contributed by atoms with van der Waals surface area (Å²) >= 11 is 0. The molecule has 0 heterocycles. The van der Waals surface area contributed by atoms with Crippen LogP contribution >= 0.6 is 0 Å². The number of ether oxygens (including phenoxy) is 1. The number of carboxylic acids is 1. The van der Waals surface area contributed by atoms with Crippen LogP contribution in [0.2, 0.25) is 0 Å². The van der Waals surface area contributed by atoms with Crippen molar-refractivity contribution < 1.29 is 23.4 Å². The number of rotatable bonds is 4. The van der Waals surface area contributed by atoms with Gasteiger partial charge in [0.1, 0.15) is 12.4 Å². The van der Waals surface area contributed by atoms with Gasteiger partial charge in [-0.15, -0.1) is 0 Å². The molecular formula is C15H9F2NO3. The Bertz CT molecular complexity index is 738. The van der Waals surface area contributed by atoms with Crippen molar-refractivity contribution in [1.82, 2.24) is 0 Å². The van der Waals surface area contributed by atoms with E-state index in [-0.39, 0.29) is 29.0 Å². The molecule has 0 atom stereocenters.